The van der Waals surface area contributed by atoms with Crippen molar-refractivity contribution in [1.29, 1.82) is 0 Å². The summed E-state index contributed by atoms with van der Waals surface area (Å²) in [4.78, 5) is 10.8. The number of carbonyl (C=O) groups excluding carboxylic acids is 1. The lowest BCUT2D eigenvalue weighted by atomic mass is 9.91. The highest BCUT2D eigenvalue weighted by molar-refractivity contribution is 5.81. The summed E-state index contributed by atoms with van der Waals surface area (Å²) >= 11 is 0. The fourth-order valence-electron chi connectivity index (χ4n) is 2.65. The van der Waals surface area contributed by atoms with Crippen LogP contribution in [0, 0.1) is 11.8 Å². The van der Waals surface area contributed by atoms with Crippen molar-refractivity contribution in [3.05, 3.63) is 24.8 Å². The van der Waals surface area contributed by atoms with Crippen molar-refractivity contribution in [1.82, 2.24) is 0 Å². The highest BCUT2D eigenvalue weighted by Crippen LogP contribution is 2.35. The molecular formula is C15H24O2. The summed E-state index contributed by atoms with van der Waals surface area (Å²) in [6.45, 7) is 3.92. The van der Waals surface area contributed by atoms with Gasteiger partial charge < -0.3 is 4.74 Å². The summed E-state index contributed by atoms with van der Waals surface area (Å²) in [6, 6.07) is 0. The van der Waals surface area contributed by atoms with Gasteiger partial charge in [0.15, 0.2) is 0 Å². The molecule has 1 fully saturated rings. The van der Waals surface area contributed by atoms with Crippen LogP contribution >= 0.6 is 0 Å². The topological polar surface area (TPSA) is 26.3 Å². The molecule has 17 heavy (non-hydrogen) atoms. The normalized spacial score (nSPS) is 24.1. The van der Waals surface area contributed by atoms with E-state index in [1.165, 1.54) is 45.3 Å². The minimum atomic E-state index is -0.257. The maximum atomic E-state index is 10.8. The third-order valence-electron chi connectivity index (χ3n) is 3.67. The van der Waals surface area contributed by atoms with E-state index in [1.54, 1.807) is 0 Å². The maximum Gasteiger partial charge on any atom is 0.330 e. The van der Waals surface area contributed by atoms with Gasteiger partial charge in [0, 0.05) is 6.08 Å². The molecule has 2 atom stereocenters. The van der Waals surface area contributed by atoms with Crippen LogP contribution in [0.1, 0.15) is 44.9 Å². The molecular weight excluding hydrogens is 212 g/mol. The molecule has 1 aliphatic rings. The molecule has 0 amide bonds. The monoisotopic (exact) mass is 236 g/mol. The number of hydrogen-bond donors (Lipinski definition) is 0. The quantitative estimate of drug-likeness (QED) is 0.290. The molecule has 0 saturated heterocycles. The van der Waals surface area contributed by atoms with E-state index < -0.39 is 0 Å². The summed E-state index contributed by atoms with van der Waals surface area (Å²) in [5.41, 5.74) is 0. The first-order valence-electron chi connectivity index (χ1n) is 6.65. The van der Waals surface area contributed by atoms with Gasteiger partial charge in [-0.2, -0.15) is 0 Å². The van der Waals surface area contributed by atoms with Crippen LogP contribution in [0.25, 0.3) is 0 Å². The molecule has 2 heteroatoms. The van der Waals surface area contributed by atoms with Gasteiger partial charge in [-0.05, 0) is 43.9 Å². The zero-order valence-electron chi connectivity index (χ0n) is 10.9. The predicted octanol–water partition coefficient (Wildman–Crippen LogP) is 3.88. The molecule has 0 aromatic carbocycles. The molecule has 0 heterocycles. The number of ether oxygens (including phenoxy) is 1. The van der Waals surface area contributed by atoms with E-state index in [0.717, 1.165) is 24.7 Å². The lowest BCUT2D eigenvalue weighted by molar-refractivity contribution is -0.134. The van der Waals surface area contributed by atoms with Gasteiger partial charge in [0.25, 0.3) is 0 Å². The molecule has 2 unspecified atom stereocenters. The third-order valence-corrected chi connectivity index (χ3v) is 3.67. The fraction of sp³-hybridized carbons (Fsp3) is 0.667. The van der Waals surface area contributed by atoms with Crippen LogP contribution in [0.2, 0.25) is 0 Å². The molecule has 0 spiro atoms. The molecule has 0 radical (unpaired) electrons. The summed E-state index contributed by atoms with van der Waals surface area (Å²) in [5.74, 6) is 1.35. The Balaban J connectivity index is 2.06. The Kier molecular flexibility index (Phi) is 6.68. The zero-order chi connectivity index (χ0) is 12.5. The van der Waals surface area contributed by atoms with Crippen LogP contribution in [0.4, 0.5) is 0 Å². The number of unbranched alkanes of at least 4 members (excludes halogenated alkanes) is 2. The predicted molar refractivity (Wildman–Crippen MR) is 70.7 cm³/mol. The van der Waals surface area contributed by atoms with Gasteiger partial charge in [0.1, 0.15) is 0 Å². The van der Waals surface area contributed by atoms with Crippen molar-refractivity contribution in [2.45, 2.75) is 44.9 Å². The van der Waals surface area contributed by atoms with E-state index >= 15 is 0 Å². The smallest absolute Gasteiger partial charge is 0.330 e. The number of carbonyl (C=O) groups is 1. The highest BCUT2D eigenvalue weighted by atomic mass is 16.5. The molecule has 1 aliphatic carbocycles. The van der Waals surface area contributed by atoms with Crippen molar-refractivity contribution in [3.63, 3.8) is 0 Å². The second-order valence-electron chi connectivity index (χ2n) is 4.80. The molecule has 0 aromatic rings. The van der Waals surface area contributed by atoms with Crippen LogP contribution < -0.4 is 0 Å². The SMILES string of the molecule is C=CC1CCCC1CCCCC=CC(=O)OC. The van der Waals surface area contributed by atoms with Crippen LogP contribution in [0.3, 0.4) is 0 Å². The molecule has 1 rings (SSSR count). The molecule has 2 nitrogen and oxygen atoms in total. The molecule has 0 aliphatic heterocycles. The summed E-state index contributed by atoms with van der Waals surface area (Å²) in [5, 5.41) is 0. The fourth-order valence-corrected chi connectivity index (χ4v) is 2.65. The Labute approximate surface area is 105 Å². The van der Waals surface area contributed by atoms with E-state index in [2.05, 4.69) is 17.4 Å². The van der Waals surface area contributed by atoms with Crippen LogP contribution in [-0.2, 0) is 9.53 Å². The maximum absolute atomic E-state index is 10.8. The van der Waals surface area contributed by atoms with Gasteiger partial charge in [-0.15, -0.1) is 6.58 Å². The average Bonchev–Trinajstić information content (AvgIpc) is 2.80. The largest absolute Gasteiger partial charge is 0.466 e. The molecule has 0 aromatic heterocycles. The Morgan fingerprint density at radius 1 is 1.41 bits per heavy atom. The van der Waals surface area contributed by atoms with E-state index in [-0.39, 0.29) is 5.97 Å². The lowest BCUT2D eigenvalue weighted by Gasteiger charge is -2.15. The Hall–Kier alpha value is -1.05. The zero-order valence-corrected chi connectivity index (χ0v) is 10.9. The van der Waals surface area contributed by atoms with Crippen molar-refractivity contribution in [3.8, 4) is 0 Å². The Morgan fingerprint density at radius 3 is 2.94 bits per heavy atom. The van der Waals surface area contributed by atoms with Crippen molar-refractivity contribution in [2.24, 2.45) is 11.8 Å². The molecule has 96 valence electrons. The van der Waals surface area contributed by atoms with E-state index in [1.807, 2.05) is 6.08 Å². The minimum absolute atomic E-state index is 0.257. The van der Waals surface area contributed by atoms with E-state index in [0.29, 0.717) is 0 Å². The number of methoxy groups -OCH3 is 1. The van der Waals surface area contributed by atoms with Crippen LogP contribution in [0.15, 0.2) is 24.8 Å². The first kappa shape index (κ1) is 14.0. The number of rotatable bonds is 7. The van der Waals surface area contributed by atoms with Crippen molar-refractivity contribution >= 4 is 5.97 Å². The number of esters is 1. The standard InChI is InChI=1S/C15H24O2/c1-3-13-10-8-11-14(13)9-6-4-5-7-12-15(16)17-2/h3,7,12-14H,1,4-6,8-11H2,2H3. The second kappa shape index (κ2) is 8.10. The van der Waals surface area contributed by atoms with Crippen molar-refractivity contribution in [2.75, 3.05) is 7.11 Å². The molecule has 0 N–H and O–H groups in total. The molecule has 1 saturated carbocycles. The van der Waals surface area contributed by atoms with Gasteiger partial charge in [-0.1, -0.05) is 25.0 Å². The lowest BCUT2D eigenvalue weighted by Crippen LogP contribution is -2.04. The second-order valence-corrected chi connectivity index (χ2v) is 4.80. The third kappa shape index (κ3) is 5.20. The number of hydrogen-bond acceptors (Lipinski definition) is 2. The van der Waals surface area contributed by atoms with E-state index in [9.17, 15) is 4.79 Å². The van der Waals surface area contributed by atoms with Gasteiger partial charge in [0.2, 0.25) is 0 Å². The Bertz CT molecular complexity index is 268. The van der Waals surface area contributed by atoms with Crippen LogP contribution in [-0.4, -0.2) is 13.1 Å². The minimum Gasteiger partial charge on any atom is -0.466 e. The van der Waals surface area contributed by atoms with E-state index in [4.69, 9.17) is 0 Å². The highest BCUT2D eigenvalue weighted by Gasteiger charge is 2.23. The van der Waals surface area contributed by atoms with Gasteiger partial charge >= 0.3 is 5.97 Å². The first-order chi connectivity index (χ1) is 8.27. The Morgan fingerprint density at radius 2 is 2.24 bits per heavy atom. The summed E-state index contributed by atoms with van der Waals surface area (Å²) < 4.78 is 4.53. The average molecular weight is 236 g/mol. The molecule has 0 bridgehead atoms. The van der Waals surface area contributed by atoms with Gasteiger partial charge in [0.05, 0.1) is 7.11 Å². The summed E-state index contributed by atoms with van der Waals surface area (Å²) in [7, 11) is 1.40. The van der Waals surface area contributed by atoms with Crippen LogP contribution in [0.5, 0.6) is 0 Å². The van der Waals surface area contributed by atoms with Gasteiger partial charge in [-0.25, -0.2) is 4.79 Å². The summed E-state index contributed by atoms with van der Waals surface area (Å²) in [6.07, 6.45) is 14.3. The first-order valence-corrected chi connectivity index (χ1v) is 6.65. The van der Waals surface area contributed by atoms with Gasteiger partial charge in [-0.3, -0.25) is 0 Å². The van der Waals surface area contributed by atoms with Crippen molar-refractivity contribution < 1.29 is 9.53 Å². The number of allylic oxidation sites excluding steroid dienone is 2.